The Hall–Kier alpha value is -0.650. The monoisotopic (exact) mass is 347 g/mol. The molecule has 0 aliphatic heterocycles. The molecular formula is C12H11BrClNO2S. The zero-order valence-corrected chi connectivity index (χ0v) is 12.8. The van der Waals surface area contributed by atoms with E-state index in [1.165, 1.54) is 0 Å². The molecule has 0 bridgehead atoms. The van der Waals surface area contributed by atoms with Gasteiger partial charge in [0, 0.05) is 20.3 Å². The molecule has 2 rings (SSSR count). The smallest absolute Gasteiger partial charge is 0.206 e. The second-order valence-electron chi connectivity index (χ2n) is 3.83. The lowest BCUT2D eigenvalue weighted by molar-refractivity contribution is 0.488. The molecule has 0 radical (unpaired) electrons. The molecule has 2 aromatic rings. The van der Waals surface area contributed by atoms with Gasteiger partial charge in [0.05, 0.1) is 11.9 Å². The van der Waals surface area contributed by atoms with E-state index in [4.69, 9.17) is 16.0 Å². The summed E-state index contributed by atoms with van der Waals surface area (Å²) >= 11 is 9.42. The van der Waals surface area contributed by atoms with E-state index in [2.05, 4.69) is 20.9 Å². The fourth-order valence-electron chi connectivity index (χ4n) is 1.48. The van der Waals surface area contributed by atoms with Crippen LogP contribution in [0.4, 0.5) is 0 Å². The molecule has 1 unspecified atom stereocenters. The van der Waals surface area contributed by atoms with Crippen molar-refractivity contribution in [2.45, 2.75) is 18.4 Å². The molecule has 0 amide bonds. The Kier molecular flexibility index (Phi) is 4.59. The number of nitrogens with zero attached hydrogens (tertiary/aromatic N) is 1. The Morgan fingerprint density at radius 1 is 1.44 bits per heavy atom. The molecule has 0 fully saturated rings. The topological polar surface area (TPSA) is 43.1 Å². The molecule has 0 saturated heterocycles. The van der Waals surface area contributed by atoms with Gasteiger partial charge in [-0.25, -0.2) is 4.98 Å². The first-order valence-electron chi connectivity index (χ1n) is 5.25. The fourth-order valence-corrected chi connectivity index (χ4v) is 3.25. The standard InChI is InChI=1S/C12H11BrClNO2S/c1-8-5-15-12(17-8)7-18(16)6-9-4-10(13)2-3-11(9)14/h2-5H,6-7H2,1H3. The van der Waals surface area contributed by atoms with Crippen LogP contribution in [0.25, 0.3) is 0 Å². The minimum absolute atomic E-state index is 0.302. The fraction of sp³-hybridized carbons (Fsp3) is 0.250. The molecule has 1 atom stereocenters. The van der Waals surface area contributed by atoms with Crippen LogP contribution in [0, 0.1) is 6.92 Å². The van der Waals surface area contributed by atoms with Gasteiger partial charge in [0.2, 0.25) is 5.89 Å². The summed E-state index contributed by atoms with van der Waals surface area (Å²) < 4.78 is 18.2. The quantitative estimate of drug-likeness (QED) is 0.843. The van der Waals surface area contributed by atoms with E-state index in [-0.39, 0.29) is 0 Å². The van der Waals surface area contributed by atoms with Crippen molar-refractivity contribution in [3.63, 3.8) is 0 Å². The van der Waals surface area contributed by atoms with Crippen molar-refractivity contribution in [3.05, 3.63) is 51.1 Å². The van der Waals surface area contributed by atoms with E-state index < -0.39 is 10.8 Å². The van der Waals surface area contributed by atoms with E-state index >= 15 is 0 Å². The summed E-state index contributed by atoms with van der Waals surface area (Å²) in [4.78, 5) is 4.04. The summed E-state index contributed by atoms with van der Waals surface area (Å²) in [6.07, 6.45) is 1.62. The van der Waals surface area contributed by atoms with Crippen molar-refractivity contribution in [2.24, 2.45) is 0 Å². The summed E-state index contributed by atoms with van der Waals surface area (Å²) in [6.45, 7) is 1.81. The van der Waals surface area contributed by atoms with Gasteiger partial charge in [-0.05, 0) is 30.7 Å². The second-order valence-corrected chi connectivity index (χ2v) is 6.61. The van der Waals surface area contributed by atoms with E-state index in [1.54, 1.807) is 12.3 Å². The van der Waals surface area contributed by atoms with Crippen molar-refractivity contribution in [1.29, 1.82) is 0 Å². The Morgan fingerprint density at radius 3 is 2.89 bits per heavy atom. The molecule has 96 valence electrons. The molecule has 0 aliphatic rings. The van der Waals surface area contributed by atoms with E-state index in [1.807, 2.05) is 19.1 Å². The van der Waals surface area contributed by atoms with Gasteiger partial charge in [-0.1, -0.05) is 27.5 Å². The molecule has 1 aromatic heterocycles. The number of halogens is 2. The highest BCUT2D eigenvalue weighted by Crippen LogP contribution is 2.22. The molecule has 0 N–H and O–H groups in total. The minimum Gasteiger partial charge on any atom is -0.445 e. The summed E-state index contributed by atoms with van der Waals surface area (Å²) in [6, 6.07) is 5.51. The van der Waals surface area contributed by atoms with Crippen molar-refractivity contribution in [1.82, 2.24) is 4.98 Å². The Bertz CT molecular complexity index is 585. The maximum Gasteiger partial charge on any atom is 0.206 e. The number of rotatable bonds is 4. The lowest BCUT2D eigenvalue weighted by atomic mass is 10.2. The van der Waals surface area contributed by atoms with Crippen LogP contribution in [-0.4, -0.2) is 9.19 Å². The average molecular weight is 349 g/mol. The van der Waals surface area contributed by atoms with Crippen molar-refractivity contribution in [2.75, 3.05) is 0 Å². The molecular weight excluding hydrogens is 338 g/mol. The molecule has 0 spiro atoms. The van der Waals surface area contributed by atoms with E-state index in [9.17, 15) is 4.21 Å². The van der Waals surface area contributed by atoms with E-state index in [0.29, 0.717) is 22.4 Å². The van der Waals surface area contributed by atoms with Crippen molar-refractivity contribution < 1.29 is 8.63 Å². The largest absolute Gasteiger partial charge is 0.445 e. The summed E-state index contributed by atoms with van der Waals surface area (Å²) in [5.74, 6) is 1.91. The second kappa shape index (κ2) is 5.99. The molecule has 18 heavy (non-hydrogen) atoms. The van der Waals surface area contributed by atoms with Gasteiger partial charge in [0.15, 0.2) is 0 Å². The van der Waals surface area contributed by atoms with Crippen LogP contribution in [0.3, 0.4) is 0 Å². The molecule has 6 heteroatoms. The zero-order chi connectivity index (χ0) is 13.1. The number of oxazole rings is 1. The number of hydrogen-bond donors (Lipinski definition) is 0. The lowest BCUT2D eigenvalue weighted by Crippen LogP contribution is -2.00. The lowest BCUT2D eigenvalue weighted by Gasteiger charge is -2.04. The third kappa shape index (κ3) is 3.67. The van der Waals surface area contributed by atoms with Gasteiger partial charge < -0.3 is 4.42 Å². The summed E-state index contributed by atoms with van der Waals surface area (Å²) in [5, 5.41) is 0.620. The molecule has 1 aromatic carbocycles. The van der Waals surface area contributed by atoms with Gasteiger partial charge in [0.1, 0.15) is 11.5 Å². The van der Waals surface area contributed by atoms with Crippen LogP contribution in [-0.2, 0) is 22.3 Å². The SMILES string of the molecule is Cc1cnc(CS(=O)Cc2cc(Br)ccc2Cl)o1. The Morgan fingerprint density at radius 2 is 2.22 bits per heavy atom. The highest BCUT2D eigenvalue weighted by Gasteiger charge is 2.10. The van der Waals surface area contributed by atoms with Gasteiger partial charge in [0.25, 0.3) is 0 Å². The molecule has 0 saturated carbocycles. The minimum atomic E-state index is -1.09. The first-order valence-corrected chi connectivity index (χ1v) is 7.90. The average Bonchev–Trinajstić information content (AvgIpc) is 2.69. The number of aromatic nitrogens is 1. The van der Waals surface area contributed by atoms with Crippen LogP contribution in [0.2, 0.25) is 5.02 Å². The van der Waals surface area contributed by atoms with Crippen LogP contribution >= 0.6 is 27.5 Å². The molecule has 3 nitrogen and oxygen atoms in total. The Balaban J connectivity index is 2.05. The predicted octanol–water partition coefficient (Wildman–Crippen LogP) is 3.85. The highest BCUT2D eigenvalue weighted by molar-refractivity contribution is 9.10. The third-order valence-electron chi connectivity index (χ3n) is 2.28. The maximum atomic E-state index is 12.0. The normalized spacial score (nSPS) is 12.6. The highest BCUT2D eigenvalue weighted by atomic mass is 79.9. The predicted molar refractivity (Wildman–Crippen MR) is 75.9 cm³/mol. The van der Waals surface area contributed by atoms with Crippen LogP contribution in [0.1, 0.15) is 17.2 Å². The molecule has 0 aliphatic carbocycles. The van der Waals surface area contributed by atoms with Crippen LogP contribution in [0.15, 0.2) is 33.3 Å². The van der Waals surface area contributed by atoms with Gasteiger partial charge in [-0.15, -0.1) is 0 Å². The number of aryl methyl sites for hydroxylation is 1. The maximum absolute atomic E-state index is 12.0. The van der Waals surface area contributed by atoms with Gasteiger partial charge in [-0.3, -0.25) is 4.21 Å². The first kappa shape index (κ1) is 13.8. The van der Waals surface area contributed by atoms with E-state index in [0.717, 1.165) is 15.8 Å². The van der Waals surface area contributed by atoms with Crippen LogP contribution < -0.4 is 0 Å². The third-order valence-corrected chi connectivity index (χ3v) is 4.34. The van der Waals surface area contributed by atoms with Crippen LogP contribution in [0.5, 0.6) is 0 Å². The number of hydrogen-bond acceptors (Lipinski definition) is 3. The molecule has 1 heterocycles. The zero-order valence-electron chi connectivity index (χ0n) is 9.65. The summed E-state index contributed by atoms with van der Waals surface area (Å²) in [5.41, 5.74) is 0.854. The Labute approximate surface area is 121 Å². The number of benzene rings is 1. The summed E-state index contributed by atoms with van der Waals surface area (Å²) in [7, 11) is -1.09. The van der Waals surface area contributed by atoms with Gasteiger partial charge in [-0.2, -0.15) is 0 Å². The van der Waals surface area contributed by atoms with Crippen molar-refractivity contribution in [3.8, 4) is 0 Å². The van der Waals surface area contributed by atoms with Crippen molar-refractivity contribution >= 4 is 38.3 Å². The first-order chi connectivity index (χ1) is 8.54. The van der Waals surface area contributed by atoms with Gasteiger partial charge >= 0.3 is 0 Å².